The summed E-state index contributed by atoms with van der Waals surface area (Å²) in [5.41, 5.74) is 3.16. The Morgan fingerprint density at radius 3 is 2.42 bits per heavy atom. The smallest absolute Gasteiger partial charge is 0.258 e. The SMILES string of the molecule is CCc1ccc(NC(=O)c2cnc(Nc3cccc(OC)c3)nc2)cc1. The zero-order valence-corrected chi connectivity index (χ0v) is 14.7. The first-order valence-electron chi connectivity index (χ1n) is 8.31. The summed E-state index contributed by atoms with van der Waals surface area (Å²) in [7, 11) is 1.61. The fourth-order valence-electron chi connectivity index (χ4n) is 2.37. The van der Waals surface area contributed by atoms with Crippen molar-refractivity contribution in [3.8, 4) is 5.75 Å². The van der Waals surface area contributed by atoms with Gasteiger partial charge in [0, 0.05) is 29.8 Å². The molecule has 6 heteroatoms. The number of aryl methyl sites for hydroxylation is 1. The molecular formula is C20H20N4O2. The van der Waals surface area contributed by atoms with E-state index in [1.54, 1.807) is 7.11 Å². The lowest BCUT2D eigenvalue weighted by atomic mass is 10.1. The molecule has 0 atom stereocenters. The average molecular weight is 348 g/mol. The summed E-state index contributed by atoms with van der Waals surface area (Å²) in [6.07, 6.45) is 3.94. The van der Waals surface area contributed by atoms with Crippen LogP contribution in [0.5, 0.6) is 5.75 Å². The van der Waals surface area contributed by atoms with Crippen LogP contribution in [0.4, 0.5) is 17.3 Å². The number of amides is 1. The maximum Gasteiger partial charge on any atom is 0.258 e. The number of carbonyl (C=O) groups is 1. The van der Waals surface area contributed by atoms with Gasteiger partial charge in [0.1, 0.15) is 5.75 Å². The van der Waals surface area contributed by atoms with Crippen molar-refractivity contribution in [3.05, 3.63) is 72.1 Å². The average Bonchev–Trinajstić information content (AvgIpc) is 2.69. The second-order valence-corrected chi connectivity index (χ2v) is 5.66. The van der Waals surface area contributed by atoms with Crippen molar-refractivity contribution in [3.63, 3.8) is 0 Å². The molecule has 0 aliphatic heterocycles. The number of ether oxygens (including phenoxy) is 1. The Kier molecular flexibility index (Phi) is 5.43. The molecule has 0 saturated carbocycles. The lowest BCUT2D eigenvalue weighted by Crippen LogP contribution is -2.13. The molecule has 1 amide bonds. The number of hydrogen-bond donors (Lipinski definition) is 2. The summed E-state index contributed by atoms with van der Waals surface area (Å²) in [5.74, 6) is 0.893. The van der Waals surface area contributed by atoms with Crippen LogP contribution in [0.2, 0.25) is 0 Å². The molecule has 1 aromatic heterocycles. The topological polar surface area (TPSA) is 76.1 Å². The van der Waals surface area contributed by atoms with Crippen LogP contribution in [0.15, 0.2) is 60.9 Å². The molecule has 0 aliphatic rings. The molecule has 132 valence electrons. The molecule has 0 bridgehead atoms. The number of nitrogens with zero attached hydrogens (tertiary/aromatic N) is 2. The standard InChI is InChI=1S/C20H20N4O2/c1-3-14-7-9-16(10-8-14)23-19(25)15-12-21-20(22-13-15)24-17-5-4-6-18(11-17)26-2/h4-13H,3H2,1-2H3,(H,23,25)(H,21,22,24). The number of benzene rings is 2. The number of nitrogens with one attached hydrogen (secondary N) is 2. The number of aromatic nitrogens is 2. The Hall–Kier alpha value is -3.41. The summed E-state index contributed by atoms with van der Waals surface area (Å²) in [6.45, 7) is 2.09. The lowest BCUT2D eigenvalue weighted by molar-refractivity contribution is 0.102. The first-order chi connectivity index (χ1) is 12.7. The van der Waals surface area contributed by atoms with E-state index in [2.05, 4.69) is 27.5 Å². The minimum atomic E-state index is -0.248. The quantitative estimate of drug-likeness (QED) is 0.703. The van der Waals surface area contributed by atoms with Crippen LogP contribution in [-0.4, -0.2) is 23.0 Å². The third-order valence-corrected chi connectivity index (χ3v) is 3.86. The van der Waals surface area contributed by atoms with Crippen LogP contribution >= 0.6 is 0 Å². The molecule has 0 radical (unpaired) electrons. The second-order valence-electron chi connectivity index (χ2n) is 5.66. The Bertz CT molecular complexity index is 877. The Morgan fingerprint density at radius 2 is 1.77 bits per heavy atom. The fourth-order valence-corrected chi connectivity index (χ4v) is 2.37. The predicted molar refractivity (Wildman–Crippen MR) is 102 cm³/mol. The van der Waals surface area contributed by atoms with Gasteiger partial charge in [-0.1, -0.05) is 25.1 Å². The summed E-state index contributed by atoms with van der Waals surface area (Å²) in [4.78, 5) is 20.7. The van der Waals surface area contributed by atoms with E-state index in [1.165, 1.54) is 18.0 Å². The molecular weight excluding hydrogens is 328 g/mol. The van der Waals surface area contributed by atoms with Crippen LogP contribution in [0.3, 0.4) is 0 Å². The molecule has 26 heavy (non-hydrogen) atoms. The van der Waals surface area contributed by atoms with E-state index >= 15 is 0 Å². The van der Waals surface area contributed by atoms with Gasteiger partial charge in [-0.2, -0.15) is 0 Å². The largest absolute Gasteiger partial charge is 0.497 e. The van der Waals surface area contributed by atoms with E-state index in [9.17, 15) is 4.79 Å². The van der Waals surface area contributed by atoms with Crippen molar-refractivity contribution in [2.75, 3.05) is 17.7 Å². The third-order valence-electron chi connectivity index (χ3n) is 3.86. The Morgan fingerprint density at radius 1 is 1.04 bits per heavy atom. The molecule has 2 aromatic carbocycles. The molecule has 0 fully saturated rings. The molecule has 2 N–H and O–H groups in total. The third kappa shape index (κ3) is 4.36. The van der Waals surface area contributed by atoms with Gasteiger partial charge in [0.05, 0.1) is 12.7 Å². The van der Waals surface area contributed by atoms with Crippen molar-refractivity contribution in [2.24, 2.45) is 0 Å². The van der Waals surface area contributed by atoms with E-state index < -0.39 is 0 Å². The highest BCUT2D eigenvalue weighted by Crippen LogP contribution is 2.19. The zero-order valence-electron chi connectivity index (χ0n) is 14.7. The monoisotopic (exact) mass is 348 g/mol. The van der Waals surface area contributed by atoms with Gasteiger partial charge in [-0.05, 0) is 36.2 Å². The Labute approximate surface area is 152 Å². The van der Waals surface area contributed by atoms with Gasteiger partial charge in [0.15, 0.2) is 0 Å². The van der Waals surface area contributed by atoms with Crippen molar-refractivity contribution in [1.82, 2.24) is 9.97 Å². The predicted octanol–water partition coefficient (Wildman–Crippen LogP) is 4.04. The molecule has 3 rings (SSSR count). The van der Waals surface area contributed by atoms with Gasteiger partial charge in [-0.15, -0.1) is 0 Å². The Balaban J connectivity index is 1.65. The highest BCUT2D eigenvalue weighted by Gasteiger charge is 2.08. The van der Waals surface area contributed by atoms with Gasteiger partial charge in [-0.3, -0.25) is 4.79 Å². The number of methoxy groups -OCH3 is 1. The summed E-state index contributed by atoms with van der Waals surface area (Å²) in [5, 5.41) is 5.91. The van der Waals surface area contributed by atoms with E-state index in [-0.39, 0.29) is 5.91 Å². The summed E-state index contributed by atoms with van der Waals surface area (Å²) < 4.78 is 5.18. The zero-order chi connectivity index (χ0) is 18.4. The highest BCUT2D eigenvalue weighted by molar-refractivity contribution is 6.03. The number of carbonyl (C=O) groups excluding carboxylic acids is 1. The van der Waals surface area contributed by atoms with Gasteiger partial charge in [0.2, 0.25) is 5.95 Å². The van der Waals surface area contributed by atoms with Gasteiger partial charge in [-0.25, -0.2) is 9.97 Å². The maximum atomic E-state index is 12.3. The van der Waals surface area contributed by atoms with E-state index in [0.29, 0.717) is 11.5 Å². The van der Waals surface area contributed by atoms with E-state index in [0.717, 1.165) is 23.5 Å². The van der Waals surface area contributed by atoms with Gasteiger partial charge in [0.25, 0.3) is 5.91 Å². The second kappa shape index (κ2) is 8.11. The van der Waals surface area contributed by atoms with Crippen molar-refractivity contribution in [1.29, 1.82) is 0 Å². The molecule has 0 saturated heterocycles. The number of rotatable bonds is 6. The van der Waals surface area contributed by atoms with Crippen LogP contribution in [0, 0.1) is 0 Å². The molecule has 1 heterocycles. The highest BCUT2D eigenvalue weighted by atomic mass is 16.5. The number of hydrogen-bond acceptors (Lipinski definition) is 5. The van der Waals surface area contributed by atoms with E-state index in [4.69, 9.17) is 4.74 Å². The molecule has 3 aromatic rings. The van der Waals surface area contributed by atoms with Crippen LogP contribution in [0.25, 0.3) is 0 Å². The minimum absolute atomic E-state index is 0.248. The summed E-state index contributed by atoms with van der Waals surface area (Å²) in [6, 6.07) is 15.2. The van der Waals surface area contributed by atoms with Crippen LogP contribution < -0.4 is 15.4 Å². The van der Waals surface area contributed by atoms with Crippen molar-refractivity contribution < 1.29 is 9.53 Å². The number of anilines is 3. The molecule has 0 spiro atoms. The van der Waals surface area contributed by atoms with Crippen molar-refractivity contribution in [2.45, 2.75) is 13.3 Å². The minimum Gasteiger partial charge on any atom is -0.497 e. The first-order valence-corrected chi connectivity index (χ1v) is 8.31. The molecule has 0 aliphatic carbocycles. The lowest BCUT2D eigenvalue weighted by Gasteiger charge is -2.08. The molecule has 0 unspecified atom stereocenters. The maximum absolute atomic E-state index is 12.3. The van der Waals surface area contributed by atoms with Gasteiger partial charge >= 0.3 is 0 Å². The first kappa shape index (κ1) is 17.4. The van der Waals surface area contributed by atoms with Crippen molar-refractivity contribution >= 4 is 23.2 Å². The summed E-state index contributed by atoms with van der Waals surface area (Å²) >= 11 is 0. The molecule has 6 nitrogen and oxygen atoms in total. The van der Waals surface area contributed by atoms with Crippen LogP contribution in [0.1, 0.15) is 22.8 Å². The van der Waals surface area contributed by atoms with E-state index in [1.807, 2.05) is 48.5 Å². The normalized spacial score (nSPS) is 10.2. The fraction of sp³-hybridized carbons (Fsp3) is 0.150. The van der Waals surface area contributed by atoms with Gasteiger partial charge < -0.3 is 15.4 Å². The van der Waals surface area contributed by atoms with Crippen LogP contribution in [-0.2, 0) is 6.42 Å².